The van der Waals surface area contributed by atoms with Gasteiger partial charge in [-0.2, -0.15) is 5.01 Å². The van der Waals surface area contributed by atoms with Crippen molar-refractivity contribution < 1.29 is 14.4 Å². The first kappa shape index (κ1) is 14.0. The van der Waals surface area contributed by atoms with Crippen LogP contribution in [0.4, 0.5) is 4.79 Å². The van der Waals surface area contributed by atoms with Gasteiger partial charge in [0.25, 0.3) is 5.91 Å². The Labute approximate surface area is 130 Å². The van der Waals surface area contributed by atoms with Crippen molar-refractivity contribution in [3.63, 3.8) is 0 Å². The number of hydrogen-bond donors (Lipinski definition) is 2. The van der Waals surface area contributed by atoms with Gasteiger partial charge in [0.05, 0.1) is 0 Å². The van der Waals surface area contributed by atoms with Crippen molar-refractivity contribution in [3.8, 4) is 0 Å². The number of hydrazine groups is 1. The van der Waals surface area contributed by atoms with Crippen LogP contribution in [0.5, 0.6) is 0 Å². The van der Waals surface area contributed by atoms with Gasteiger partial charge in [-0.25, -0.2) is 4.79 Å². The maximum absolute atomic E-state index is 12.6. The first-order valence-corrected chi connectivity index (χ1v) is 8.58. The number of rotatable bonds is 3. The Bertz CT molecular complexity index is 523. The molecular weight excluding hydrogens is 282 g/mol. The van der Waals surface area contributed by atoms with Crippen molar-refractivity contribution in [3.05, 3.63) is 0 Å². The number of hydrogen-bond acceptors (Lipinski definition) is 3. The van der Waals surface area contributed by atoms with Crippen molar-refractivity contribution in [1.29, 1.82) is 0 Å². The van der Waals surface area contributed by atoms with Gasteiger partial charge in [-0.1, -0.05) is 38.5 Å². The van der Waals surface area contributed by atoms with Crippen LogP contribution in [0, 0.1) is 17.8 Å². The van der Waals surface area contributed by atoms with Crippen molar-refractivity contribution in [2.75, 3.05) is 0 Å². The van der Waals surface area contributed by atoms with Crippen LogP contribution >= 0.6 is 0 Å². The summed E-state index contributed by atoms with van der Waals surface area (Å²) in [6, 6.07) is -0.471. The SMILES string of the molecule is O=C(NN1C(=O)NC2(CCCCC2)C1=O)[C@H]1C[C@H]1C1CCC1. The van der Waals surface area contributed by atoms with Crippen LogP contribution in [-0.4, -0.2) is 28.4 Å². The molecule has 2 N–H and O–H groups in total. The zero-order valence-corrected chi connectivity index (χ0v) is 12.8. The van der Waals surface area contributed by atoms with E-state index in [4.69, 9.17) is 0 Å². The van der Waals surface area contributed by atoms with Gasteiger partial charge in [-0.15, -0.1) is 0 Å². The first-order chi connectivity index (χ1) is 10.6. The molecule has 4 fully saturated rings. The molecule has 6 heteroatoms. The molecule has 3 saturated carbocycles. The Kier molecular flexibility index (Phi) is 3.16. The normalized spacial score (nSPS) is 33.5. The number of carbonyl (C=O) groups is 3. The maximum atomic E-state index is 12.6. The lowest BCUT2D eigenvalue weighted by molar-refractivity contribution is -0.140. The molecule has 0 aromatic heterocycles. The third-order valence-corrected chi connectivity index (χ3v) is 6.02. The van der Waals surface area contributed by atoms with Crippen LogP contribution in [-0.2, 0) is 9.59 Å². The zero-order valence-electron chi connectivity index (χ0n) is 12.8. The Morgan fingerprint density at radius 1 is 1.14 bits per heavy atom. The average molecular weight is 305 g/mol. The minimum absolute atomic E-state index is 0.00574. The molecule has 120 valence electrons. The van der Waals surface area contributed by atoms with Crippen LogP contribution < -0.4 is 10.7 Å². The Morgan fingerprint density at radius 3 is 2.50 bits per heavy atom. The van der Waals surface area contributed by atoms with E-state index in [0.717, 1.165) is 30.7 Å². The van der Waals surface area contributed by atoms with E-state index in [1.54, 1.807) is 0 Å². The van der Waals surface area contributed by atoms with Gasteiger partial charge in [0.1, 0.15) is 5.54 Å². The van der Waals surface area contributed by atoms with E-state index < -0.39 is 11.6 Å². The molecule has 0 aromatic rings. The summed E-state index contributed by atoms with van der Waals surface area (Å²) in [6.07, 6.45) is 8.97. The highest BCUT2D eigenvalue weighted by Gasteiger charge is 2.54. The predicted molar refractivity (Wildman–Crippen MR) is 78.3 cm³/mol. The van der Waals surface area contributed by atoms with Crippen LogP contribution in [0.25, 0.3) is 0 Å². The quantitative estimate of drug-likeness (QED) is 0.779. The summed E-state index contributed by atoms with van der Waals surface area (Å²) in [5, 5.41) is 3.75. The summed E-state index contributed by atoms with van der Waals surface area (Å²) in [5.74, 6) is 0.718. The predicted octanol–water partition coefficient (Wildman–Crippen LogP) is 1.71. The van der Waals surface area contributed by atoms with E-state index in [0.29, 0.717) is 24.7 Å². The fourth-order valence-electron chi connectivity index (χ4n) is 4.31. The highest BCUT2D eigenvalue weighted by molar-refractivity contribution is 6.08. The van der Waals surface area contributed by atoms with Crippen LogP contribution in [0.2, 0.25) is 0 Å². The monoisotopic (exact) mass is 305 g/mol. The van der Waals surface area contributed by atoms with Gasteiger partial charge in [-0.3, -0.25) is 15.0 Å². The minimum atomic E-state index is -0.764. The van der Waals surface area contributed by atoms with Gasteiger partial charge in [0, 0.05) is 5.92 Å². The third-order valence-electron chi connectivity index (χ3n) is 6.02. The van der Waals surface area contributed by atoms with E-state index in [1.165, 1.54) is 19.3 Å². The number of amides is 4. The summed E-state index contributed by atoms with van der Waals surface area (Å²) in [5.41, 5.74) is 1.81. The summed E-state index contributed by atoms with van der Waals surface area (Å²) < 4.78 is 0. The molecule has 1 aliphatic heterocycles. The van der Waals surface area contributed by atoms with Gasteiger partial charge in [-0.05, 0) is 31.1 Å². The summed E-state index contributed by atoms with van der Waals surface area (Å²) in [7, 11) is 0. The molecule has 0 aromatic carbocycles. The number of urea groups is 1. The molecule has 4 amide bonds. The topological polar surface area (TPSA) is 78.5 Å². The zero-order chi connectivity index (χ0) is 15.3. The lowest BCUT2D eigenvalue weighted by Gasteiger charge is -2.30. The number of carbonyl (C=O) groups excluding carboxylic acids is 3. The molecule has 0 bridgehead atoms. The molecule has 4 aliphatic rings. The maximum Gasteiger partial charge on any atom is 0.344 e. The molecular formula is C16H23N3O3. The van der Waals surface area contributed by atoms with Crippen molar-refractivity contribution in [2.24, 2.45) is 17.8 Å². The molecule has 0 radical (unpaired) electrons. The third kappa shape index (κ3) is 2.11. The molecule has 2 atom stereocenters. The van der Waals surface area contributed by atoms with Crippen LogP contribution in [0.3, 0.4) is 0 Å². The van der Waals surface area contributed by atoms with Crippen molar-refractivity contribution in [2.45, 2.75) is 63.3 Å². The van der Waals surface area contributed by atoms with Gasteiger partial charge < -0.3 is 5.32 Å². The molecule has 1 heterocycles. The molecule has 3 aliphatic carbocycles. The molecule has 1 spiro atoms. The largest absolute Gasteiger partial charge is 0.344 e. The summed E-state index contributed by atoms with van der Waals surface area (Å²) in [6.45, 7) is 0. The highest BCUT2D eigenvalue weighted by Crippen LogP contribution is 2.51. The number of nitrogens with zero attached hydrogens (tertiary/aromatic N) is 1. The molecule has 0 unspecified atom stereocenters. The van der Waals surface area contributed by atoms with E-state index >= 15 is 0 Å². The second-order valence-corrected chi connectivity index (χ2v) is 7.39. The average Bonchev–Trinajstić information content (AvgIpc) is 3.18. The van der Waals surface area contributed by atoms with Crippen LogP contribution in [0.15, 0.2) is 0 Å². The molecule has 6 nitrogen and oxygen atoms in total. The second kappa shape index (κ2) is 4.96. The second-order valence-electron chi connectivity index (χ2n) is 7.39. The van der Waals surface area contributed by atoms with Gasteiger partial charge in [0.2, 0.25) is 5.91 Å². The number of nitrogens with one attached hydrogen (secondary N) is 2. The highest BCUT2D eigenvalue weighted by atomic mass is 16.2. The molecule has 22 heavy (non-hydrogen) atoms. The van der Waals surface area contributed by atoms with E-state index in [9.17, 15) is 14.4 Å². The standard InChI is InChI=1S/C16H23N3O3/c20-13(12-9-11(12)10-5-4-6-10)18-19-14(21)16(17-15(19)22)7-2-1-3-8-16/h10-12H,1-9H2,(H,17,22)(H,18,20)/t11-,12-/m0/s1. The fourth-order valence-corrected chi connectivity index (χ4v) is 4.31. The minimum Gasteiger partial charge on any atom is -0.322 e. The fraction of sp³-hybridized carbons (Fsp3) is 0.812. The van der Waals surface area contributed by atoms with E-state index in [1.807, 2.05) is 0 Å². The summed E-state index contributed by atoms with van der Waals surface area (Å²) in [4.78, 5) is 37.0. The molecule has 4 rings (SSSR count). The number of imide groups is 1. The summed E-state index contributed by atoms with van der Waals surface area (Å²) >= 11 is 0. The first-order valence-electron chi connectivity index (χ1n) is 8.58. The van der Waals surface area contributed by atoms with Gasteiger partial charge >= 0.3 is 6.03 Å². The van der Waals surface area contributed by atoms with Crippen molar-refractivity contribution >= 4 is 17.8 Å². The van der Waals surface area contributed by atoms with E-state index in [2.05, 4.69) is 10.7 Å². The lowest BCUT2D eigenvalue weighted by atomic mass is 9.81. The Hall–Kier alpha value is -1.59. The van der Waals surface area contributed by atoms with E-state index in [-0.39, 0.29) is 17.7 Å². The Morgan fingerprint density at radius 2 is 1.86 bits per heavy atom. The van der Waals surface area contributed by atoms with Gasteiger partial charge in [0.15, 0.2) is 0 Å². The Balaban J connectivity index is 1.39. The van der Waals surface area contributed by atoms with Crippen LogP contribution in [0.1, 0.15) is 57.8 Å². The molecule has 1 saturated heterocycles. The lowest BCUT2D eigenvalue weighted by Crippen LogP contribution is -2.51. The van der Waals surface area contributed by atoms with Crippen molar-refractivity contribution in [1.82, 2.24) is 15.8 Å². The smallest absolute Gasteiger partial charge is 0.322 e.